The van der Waals surface area contributed by atoms with Crippen LogP contribution in [0.3, 0.4) is 0 Å². The zero-order valence-corrected chi connectivity index (χ0v) is 11.1. The number of carbonyl (C=O) groups is 1. The normalized spacial score (nSPS) is 10.7. The van der Waals surface area contributed by atoms with Gasteiger partial charge < -0.3 is 9.47 Å². The van der Waals surface area contributed by atoms with Gasteiger partial charge in [0.1, 0.15) is 11.3 Å². The van der Waals surface area contributed by atoms with E-state index in [1.165, 1.54) is 7.11 Å². The third kappa shape index (κ3) is 1.93. The van der Waals surface area contributed by atoms with Gasteiger partial charge in [-0.3, -0.25) is 0 Å². The number of hydrogen-bond donors (Lipinski definition) is 0. The minimum absolute atomic E-state index is 0.412. The molecule has 2 aromatic carbocycles. The summed E-state index contributed by atoms with van der Waals surface area (Å²) in [6.07, 6.45) is 0. The number of hydrogen-bond acceptors (Lipinski definition) is 5. The van der Waals surface area contributed by atoms with Crippen LogP contribution in [0.5, 0.6) is 5.75 Å². The number of methoxy groups -OCH3 is 2. The second kappa shape index (κ2) is 4.77. The molecule has 3 rings (SSSR count). The fourth-order valence-electron chi connectivity index (χ4n) is 2.08. The van der Waals surface area contributed by atoms with E-state index in [1.54, 1.807) is 19.2 Å². The molecule has 100 valence electrons. The maximum absolute atomic E-state index is 11.8. The molecule has 0 amide bonds. The number of aromatic nitrogens is 2. The summed E-state index contributed by atoms with van der Waals surface area (Å²) in [5, 5.41) is 0. The van der Waals surface area contributed by atoms with Crippen molar-refractivity contribution in [2.24, 2.45) is 0 Å². The molecule has 3 aromatic rings. The van der Waals surface area contributed by atoms with Crippen LogP contribution < -0.4 is 4.74 Å². The van der Waals surface area contributed by atoms with E-state index in [1.807, 2.05) is 24.3 Å². The summed E-state index contributed by atoms with van der Waals surface area (Å²) >= 11 is 0. The summed E-state index contributed by atoms with van der Waals surface area (Å²) in [6.45, 7) is 0. The molecule has 0 unspecified atom stereocenters. The molecule has 0 aliphatic heterocycles. The number of rotatable bonds is 2. The van der Waals surface area contributed by atoms with Crippen LogP contribution in [0.15, 0.2) is 36.4 Å². The maximum Gasteiger partial charge on any atom is 0.340 e. The molecule has 0 spiro atoms. The predicted octanol–water partition coefficient (Wildman–Crippen LogP) is 2.58. The summed E-state index contributed by atoms with van der Waals surface area (Å²) in [6, 6.07) is 10.7. The van der Waals surface area contributed by atoms with Crippen LogP contribution in [0.2, 0.25) is 0 Å². The van der Waals surface area contributed by atoms with Gasteiger partial charge in [0.05, 0.1) is 36.3 Å². The van der Waals surface area contributed by atoms with Gasteiger partial charge in [-0.15, -0.1) is 0 Å². The molecule has 1 heterocycles. The average molecular weight is 268 g/mol. The number of nitrogens with zero attached hydrogens (tertiary/aromatic N) is 2. The maximum atomic E-state index is 11.8. The highest BCUT2D eigenvalue weighted by atomic mass is 16.5. The monoisotopic (exact) mass is 268 g/mol. The number of para-hydroxylation sites is 1. The van der Waals surface area contributed by atoms with Crippen molar-refractivity contribution in [2.75, 3.05) is 14.2 Å². The minimum Gasteiger partial charge on any atom is -0.497 e. The first kappa shape index (κ1) is 12.3. The van der Waals surface area contributed by atoms with E-state index in [0.29, 0.717) is 22.1 Å². The summed E-state index contributed by atoms with van der Waals surface area (Å²) in [7, 11) is 2.95. The molecular formula is C15H12N2O3. The predicted molar refractivity (Wildman–Crippen MR) is 74.9 cm³/mol. The van der Waals surface area contributed by atoms with Gasteiger partial charge in [-0.25, -0.2) is 14.8 Å². The Morgan fingerprint density at radius 2 is 1.85 bits per heavy atom. The molecule has 20 heavy (non-hydrogen) atoms. The number of fused-ring (bicyclic) bond motifs is 2. The van der Waals surface area contributed by atoms with E-state index >= 15 is 0 Å². The Kier molecular flexibility index (Phi) is 2.95. The molecule has 0 N–H and O–H groups in total. The second-order valence-corrected chi connectivity index (χ2v) is 4.24. The lowest BCUT2D eigenvalue weighted by atomic mass is 10.1. The van der Waals surface area contributed by atoms with Crippen molar-refractivity contribution in [3.05, 3.63) is 42.0 Å². The van der Waals surface area contributed by atoms with Crippen LogP contribution >= 0.6 is 0 Å². The Balaban J connectivity index is 2.32. The van der Waals surface area contributed by atoms with Gasteiger partial charge in [0.2, 0.25) is 0 Å². The van der Waals surface area contributed by atoms with Gasteiger partial charge in [-0.1, -0.05) is 6.07 Å². The Morgan fingerprint density at radius 3 is 2.60 bits per heavy atom. The van der Waals surface area contributed by atoms with E-state index in [4.69, 9.17) is 9.47 Å². The molecule has 1 aromatic heterocycles. The van der Waals surface area contributed by atoms with Crippen LogP contribution in [-0.2, 0) is 4.74 Å². The SMILES string of the molecule is COC(=O)c1cccc2nc3cc(OC)ccc3nc12. The number of ether oxygens (including phenoxy) is 2. The second-order valence-electron chi connectivity index (χ2n) is 4.24. The molecular weight excluding hydrogens is 256 g/mol. The Hall–Kier alpha value is -2.69. The Labute approximate surface area is 115 Å². The molecule has 0 bridgehead atoms. The van der Waals surface area contributed by atoms with Crippen LogP contribution in [0.25, 0.3) is 22.1 Å². The average Bonchev–Trinajstić information content (AvgIpc) is 2.50. The Morgan fingerprint density at radius 1 is 1.00 bits per heavy atom. The minimum atomic E-state index is -0.419. The summed E-state index contributed by atoms with van der Waals surface area (Å²) in [5.41, 5.74) is 3.02. The molecule has 5 nitrogen and oxygen atoms in total. The van der Waals surface area contributed by atoms with Gasteiger partial charge in [0.25, 0.3) is 0 Å². The fourth-order valence-corrected chi connectivity index (χ4v) is 2.08. The van der Waals surface area contributed by atoms with Crippen molar-refractivity contribution in [1.82, 2.24) is 9.97 Å². The molecule has 0 saturated heterocycles. The molecule has 0 aliphatic carbocycles. The van der Waals surface area contributed by atoms with Crippen LogP contribution in [0.4, 0.5) is 0 Å². The van der Waals surface area contributed by atoms with E-state index in [9.17, 15) is 4.79 Å². The van der Waals surface area contributed by atoms with Crippen LogP contribution in [0.1, 0.15) is 10.4 Å². The molecule has 5 heteroatoms. The quantitative estimate of drug-likeness (QED) is 0.528. The van der Waals surface area contributed by atoms with Crippen molar-refractivity contribution < 1.29 is 14.3 Å². The van der Waals surface area contributed by atoms with Crippen molar-refractivity contribution in [3.8, 4) is 5.75 Å². The van der Waals surface area contributed by atoms with Gasteiger partial charge in [-0.2, -0.15) is 0 Å². The van der Waals surface area contributed by atoms with Crippen LogP contribution in [0, 0.1) is 0 Å². The van der Waals surface area contributed by atoms with E-state index in [-0.39, 0.29) is 0 Å². The standard InChI is InChI=1S/C15H12N2O3/c1-19-9-6-7-11-13(8-9)16-12-5-3-4-10(14(12)17-11)15(18)20-2/h3-8H,1-2H3. The molecule has 0 atom stereocenters. The van der Waals surface area contributed by atoms with Gasteiger partial charge in [-0.05, 0) is 24.3 Å². The van der Waals surface area contributed by atoms with E-state index in [0.717, 1.165) is 11.3 Å². The number of benzene rings is 2. The molecule has 0 radical (unpaired) electrons. The van der Waals surface area contributed by atoms with Crippen LogP contribution in [-0.4, -0.2) is 30.2 Å². The lowest BCUT2D eigenvalue weighted by Gasteiger charge is -2.06. The van der Waals surface area contributed by atoms with Gasteiger partial charge in [0, 0.05) is 6.07 Å². The van der Waals surface area contributed by atoms with Crippen molar-refractivity contribution >= 4 is 28.0 Å². The first-order valence-electron chi connectivity index (χ1n) is 6.06. The summed E-state index contributed by atoms with van der Waals surface area (Å²) in [4.78, 5) is 20.8. The Bertz CT molecular complexity index is 815. The third-order valence-corrected chi connectivity index (χ3v) is 3.08. The highest BCUT2D eigenvalue weighted by Crippen LogP contribution is 2.23. The summed E-state index contributed by atoms with van der Waals surface area (Å²) in [5.74, 6) is 0.299. The largest absolute Gasteiger partial charge is 0.497 e. The van der Waals surface area contributed by atoms with Crippen molar-refractivity contribution in [2.45, 2.75) is 0 Å². The molecule has 0 saturated carbocycles. The molecule has 0 fully saturated rings. The first-order chi connectivity index (χ1) is 9.72. The van der Waals surface area contributed by atoms with E-state index in [2.05, 4.69) is 9.97 Å². The van der Waals surface area contributed by atoms with E-state index < -0.39 is 5.97 Å². The van der Waals surface area contributed by atoms with Gasteiger partial charge >= 0.3 is 5.97 Å². The van der Waals surface area contributed by atoms with Crippen molar-refractivity contribution in [3.63, 3.8) is 0 Å². The number of esters is 1. The smallest absolute Gasteiger partial charge is 0.340 e. The highest BCUT2D eigenvalue weighted by molar-refractivity contribution is 6.03. The highest BCUT2D eigenvalue weighted by Gasteiger charge is 2.13. The van der Waals surface area contributed by atoms with Crippen molar-refractivity contribution in [1.29, 1.82) is 0 Å². The lowest BCUT2D eigenvalue weighted by molar-refractivity contribution is 0.0603. The summed E-state index contributed by atoms with van der Waals surface area (Å²) < 4.78 is 9.94. The topological polar surface area (TPSA) is 61.3 Å². The lowest BCUT2D eigenvalue weighted by Crippen LogP contribution is -2.03. The zero-order valence-electron chi connectivity index (χ0n) is 11.1. The third-order valence-electron chi connectivity index (χ3n) is 3.08. The molecule has 0 aliphatic rings. The zero-order chi connectivity index (χ0) is 14.1. The first-order valence-corrected chi connectivity index (χ1v) is 6.06. The number of carbonyl (C=O) groups excluding carboxylic acids is 1. The fraction of sp³-hybridized carbons (Fsp3) is 0.133. The van der Waals surface area contributed by atoms with Gasteiger partial charge in [0.15, 0.2) is 0 Å².